The van der Waals surface area contributed by atoms with Crippen LogP contribution in [0.2, 0.25) is 5.02 Å². The first-order valence-electron chi connectivity index (χ1n) is 5.78. The van der Waals surface area contributed by atoms with E-state index in [4.69, 9.17) is 17.3 Å². The summed E-state index contributed by atoms with van der Waals surface area (Å²) in [5.41, 5.74) is 6.17. The Kier molecular flexibility index (Phi) is 4.02. The maximum Gasteiger partial charge on any atom is 0.267 e. The highest BCUT2D eigenvalue weighted by Crippen LogP contribution is 2.26. The quantitative estimate of drug-likeness (QED) is 0.841. The standard InChI is InChI=1S/C12H12ClFN4O2S/c1-6-3-7(2)17-12(16-6)18-21(19,20)10-5-8(13)4-9(15)11(10)14/h3-5H,15H2,1-2H3,(H,16,17,18). The summed E-state index contributed by atoms with van der Waals surface area (Å²) in [6.07, 6.45) is 0. The molecule has 1 heterocycles. The van der Waals surface area contributed by atoms with Crippen molar-refractivity contribution in [2.75, 3.05) is 10.5 Å². The summed E-state index contributed by atoms with van der Waals surface area (Å²) in [4.78, 5) is 7.21. The van der Waals surface area contributed by atoms with Crippen LogP contribution in [0.5, 0.6) is 0 Å². The smallest absolute Gasteiger partial charge is 0.267 e. The van der Waals surface area contributed by atoms with E-state index in [2.05, 4.69) is 14.7 Å². The van der Waals surface area contributed by atoms with Gasteiger partial charge >= 0.3 is 0 Å². The van der Waals surface area contributed by atoms with Crippen molar-refractivity contribution >= 4 is 33.3 Å². The van der Waals surface area contributed by atoms with E-state index in [0.29, 0.717) is 11.4 Å². The zero-order chi connectivity index (χ0) is 15.8. The Morgan fingerprint density at radius 3 is 2.33 bits per heavy atom. The SMILES string of the molecule is Cc1cc(C)nc(NS(=O)(=O)c2cc(Cl)cc(N)c2F)n1. The van der Waals surface area contributed by atoms with Crippen LogP contribution in [0.1, 0.15) is 11.4 Å². The summed E-state index contributed by atoms with van der Waals surface area (Å²) in [7, 11) is -4.24. The van der Waals surface area contributed by atoms with Crippen LogP contribution in [0.3, 0.4) is 0 Å². The number of nitrogens with two attached hydrogens (primary N) is 1. The number of nitrogen functional groups attached to an aromatic ring is 1. The second-order valence-corrected chi connectivity index (χ2v) is 6.47. The highest BCUT2D eigenvalue weighted by molar-refractivity contribution is 7.92. The molecule has 2 aromatic rings. The molecule has 1 aromatic carbocycles. The molecule has 0 radical (unpaired) electrons. The molecule has 0 saturated heterocycles. The van der Waals surface area contributed by atoms with E-state index in [1.54, 1.807) is 19.9 Å². The van der Waals surface area contributed by atoms with Gasteiger partial charge in [0.25, 0.3) is 10.0 Å². The first-order chi connectivity index (χ1) is 9.69. The first-order valence-corrected chi connectivity index (χ1v) is 7.65. The number of anilines is 2. The molecular formula is C12H12ClFN4O2S. The van der Waals surface area contributed by atoms with Crippen LogP contribution >= 0.6 is 11.6 Å². The van der Waals surface area contributed by atoms with Gasteiger partial charge < -0.3 is 5.73 Å². The number of benzene rings is 1. The van der Waals surface area contributed by atoms with Gasteiger partial charge in [0, 0.05) is 16.4 Å². The van der Waals surface area contributed by atoms with Gasteiger partial charge in [0.05, 0.1) is 5.69 Å². The molecule has 0 atom stereocenters. The average molecular weight is 331 g/mol. The van der Waals surface area contributed by atoms with Crippen LogP contribution in [0.25, 0.3) is 0 Å². The lowest BCUT2D eigenvalue weighted by atomic mass is 10.3. The number of nitrogens with one attached hydrogen (secondary N) is 1. The monoisotopic (exact) mass is 330 g/mol. The lowest BCUT2D eigenvalue weighted by Gasteiger charge is -2.10. The fourth-order valence-corrected chi connectivity index (χ4v) is 3.10. The van der Waals surface area contributed by atoms with Gasteiger partial charge in [0.1, 0.15) is 4.90 Å². The van der Waals surface area contributed by atoms with E-state index < -0.39 is 20.7 Å². The van der Waals surface area contributed by atoms with Gasteiger partial charge in [-0.15, -0.1) is 0 Å². The molecule has 6 nitrogen and oxygen atoms in total. The number of nitrogens with zero attached hydrogens (tertiary/aromatic N) is 2. The van der Waals surface area contributed by atoms with E-state index in [1.165, 1.54) is 0 Å². The van der Waals surface area contributed by atoms with Crippen molar-refractivity contribution in [2.24, 2.45) is 0 Å². The Bertz CT molecular complexity index is 791. The number of sulfonamides is 1. The molecule has 112 valence electrons. The van der Waals surface area contributed by atoms with Gasteiger partial charge in [-0.05, 0) is 32.0 Å². The molecule has 2 rings (SSSR count). The fourth-order valence-electron chi connectivity index (χ4n) is 1.73. The molecule has 0 unspecified atom stereocenters. The maximum atomic E-state index is 13.9. The second kappa shape index (κ2) is 5.45. The fraction of sp³-hybridized carbons (Fsp3) is 0.167. The van der Waals surface area contributed by atoms with E-state index in [-0.39, 0.29) is 16.7 Å². The minimum absolute atomic E-state index is 0.00983. The van der Waals surface area contributed by atoms with Crippen LogP contribution < -0.4 is 10.5 Å². The second-order valence-electron chi connectivity index (χ2n) is 4.39. The van der Waals surface area contributed by atoms with Crippen molar-refractivity contribution in [1.29, 1.82) is 0 Å². The maximum absolute atomic E-state index is 13.9. The van der Waals surface area contributed by atoms with E-state index in [9.17, 15) is 12.8 Å². The number of aryl methyl sites for hydroxylation is 2. The number of hydrogen-bond donors (Lipinski definition) is 2. The van der Waals surface area contributed by atoms with Crippen molar-refractivity contribution in [3.05, 3.63) is 40.4 Å². The highest BCUT2D eigenvalue weighted by atomic mass is 35.5. The van der Waals surface area contributed by atoms with Gasteiger partial charge in [0.2, 0.25) is 5.95 Å². The van der Waals surface area contributed by atoms with Crippen LogP contribution in [0, 0.1) is 19.7 Å². The molecule has 0 spiro atoms. The van der Waals surface area contributed by atoms with Gasteiger partial charge in [0.15, 0.2) is 5.82 Å². The van der Waals surface area contributed by atoms with Crippen molar-refractivity contribution in [1.82, 2.24) is 9.97 Å². The third-order valence-corrected chi connectivity index (χ3v) is 4.08. The Labute approximate surface area is 126 Å². The lowest BCUT2D eigenvalue weighted by Crippen LogP contribution is -2.17. The summed E-state index contributed by atoms with van der Waals surface area (Å²) < 4.78 is 40.4. The molecule has 1 aromatic heterocycles. The third kappa shape index (κ3) is 3.40. The Hall–Kier alpha value is -1.93. The molecule has 0 saturated carbocycles. The van der Waals surface area contributed by atoms with Crippen molar-refractivity contribution in [3.63, 3.8) is 0 Å². The molecule has 0 aliphatic rings. The number of halogens is 2. The van der Waals surface area contributed by atoms with Gasteiger partial charge in [-0.2, -0.15) is 0 Å². The van der Waals surface area contributed by atoms with Gasteiger partial charge in [-0.1, -0.05) is 11.6 Å². The molecule has 0 aliphatic carbocycles. The molecule has 0 aliphatic heterocycles. The molecule has 0 amide bonds. The molecule has 9 heteroatoms. The van der Waals surface area contributed by atoms with Crippen LogP contribution in [-0.4, -0.2) is 18.4 Å². The Balaban J connectivity index is 2.48. The summed E-state index contributed by atoms with van der Waals surface area (Å²) >= 11 is 5.71. The zero-order valence-electron chi connectivity index (χ0n) is 11.2. The summed E-state index contributed by atoms with van der Waals surface area (Å²) in [6.45, 7) is 3.37. The highest BCUT2D eigenvalue weighted by Gasteiger charge is 2.23. The zero-order valence-corrected chi connectivity index (χ0v) is 12.8. The largest absolute Gasteiger partial charge is 0.396 e. The van der Waals surface area contributed by atoms with Crippen LogP contribution in [0.15, 0.2) is 23.1 Å². The van der Waals surface area contributed by atoms with E-state index >= 15 is 0 Å². The summed E-state index contributed by atoms with van der Waals surface area (Å²) in [5, 5.41) is 0.00983. The number of rotatable bonds is 3. The summed E-state index contributed by atoms with van der Waals surface area (Å²) in [5.74, 6) is -1.22. The number of aromatic nitrogens is 2. The van der Waals surface area contributed by atoms with E-state index in [0.717, 1.165) is 12.1 Å². The van der Waals surface area contributed by atoms with Gasteiger partial charge in [-0.25, -0.2) is 27.5 Å². The minimum Gasteiger partial charge on any atom is -0.396 e. The Morgan fingerprint density at radius 1 is 1.19 bits per heavy atom. The third-order valence-electron chi connectivity index (χ3n) is 2.53. The first kappa shape index (κ1) is 15.5. The van der Waals surface area contributed by atoms with Crippen molar-refractivity contribution in [3.8, 4) is 0 Å². The predicted molar refractivity (Wildman–Crippen MR) is 78.1 cm³/mol. The van der Waals surface area contributed by atoms with E-state index in [1.807, 2.05) is 0 Å². The van der Waals surface area contributed by atoms with Gasteiger partial charge in [-0.3, -0.25) is 0 Å². The average Bonchev–Trinajstić information content (AvgIpc) is 2.31. The van der Waals surface area contributed by atoms with Crippen molar-refractivity contribution in [2.45, 2.75) is 18.7 Å². The van der Waals surface area contributed by atoms with Crippen LogP contribution in [0.4, 0.5) is 16.0 Å². The molecule has 0 fully saturated rings. The van der Waals surface area contributed by atoms with Crippen molar-refractivity contribution < 1.29 is 12.8 Å². The summed E-state index contributed by atoms with van der Waals surface area (Å²) in [6, 6.07) is 3.78. The number of hydrogen-bond acceptors (Lipinski definition) is 5. The Morgan fingerprint density at radius 2 is 1.76 bits per heavy atom. The normalized spacial score (nSPS) is 11.4. The topological polar surface area (TPSA) is 98.0 Å². The molecule has 0 bridgehead atoms. The molecule has 21 heavy (non-hydrogen) atoms. The van der Waals surface area contributed by atoms with Crippen LogP contribution in [-0.2, 0) is 10.0 Å². The molecular weight excluding hydrogens is 319 g/mol. The predicted octanol–water partition coefficient (Wildman–Crippen LogP) is 2.27. The lowest BCUT2D eigenvalue weighted by molar-refractivity contribution is 0.572. The molecule has 3 N–H and O–H groups in total. The minimum atomic E-state index is -4.24.